The number of thiophene rings is 1. The molecule has 102 valence electrons. The minimum atomic E-state index is -0.416. The summed E-state index contributed by atoms with van der Waals surface area (Å²) in [5.74, 6) is 0.594. The van der Waals surface area contributed by atoms with E-state index in [0.717, 1.165) is 16.6 Å². The fourth-order valence-corrected chi connectivity index (χ4v) is 2.96. The molecule has 3 rings (SSSR count). The smallest absolute Gasteiger partial charge is 0.184 e. The van der Waals surface area contributed by atoms with E-state index in [1.807, 2.05) is 0 Å². The van der Waals surface area contributed by atoms with Crippen LogP contribution in [0.25, 0.3) is 21.7 Å². The summed E-state index contributed by atoms with van der Waals surface area (Å²) in [4.78, 5) is 14.9. The molecule has 0 saturated carbocycles. The van der Waals surface area contributed by atoms with Gasteiger partial charge in [0.15, 0.2) is 11.6 Å². The lowest BCUT2D eigenvalue weighted by molar-refractivity contribution is 0.624. The number of nitrogens with one attached hydrogen (secondary N) is 1. The molecule has 0 spiro atoms. The molecule has 4 nitrogen and oxygen atoms in total. The Hall–Kier alpha value is -2.08. The summed E-state index contributed by atoms with van der Waals surface area (Å²) >= 11 is 1.60. The van der Waals surface area contributed by atoms with Crippen LogP contribution >= 0.6 is 11.3 Å². The van der Waals surface area contributed by atoms with E-state index in [2.05, 4.69) is 33.3 Å². The molecule has 0 aliphatic heterocycles. The second-order valence-corrected chi connectivity index (χ2v) is 5.38. The molecule has 0 atom stereocenters. The Morgan fingerprint density at radius 1 is 1.35 bits per heavy atom. The van der Waals surface area contributed by atoms with Crippen molar-refractivity contribution in [3.05, 3.63) is 35.1 Å². The van der Waals surface area contributed by atoms with Crippen molar-refractivity contribution in [3.63, 3.8) is 0 Å². The molecule has 0 unspecified atom stereocenters. The van der Waals surface area contributed by atoms with Gasteiger partial charge < -0.3 is 5.32 Å². The van der Waals surface area contributed by atoms with Gasteiger partial charge in [-0.3, -0.25) is 0 Å². The van der Waals surface area contributed by atoms with Crippen molar-refractivity contribution in [2.75, 3.05) is 12.4 Å². The molecule has 0 saturated heterocycles. The zero-order valence-corrected chi connectivity index (χ0v) is 12.0. The highest BCUT2D eigenvalue weighted by molar-refractivity contribution is 7.18. The quantitative estimate of drug-likeness (QED) is 0.801. The number of aromatic nitrogens is 3. The van der Waals surface area contributed by atoms with E-state index < -0.39 is 5.82 Å². The zero-order chi connectivity index (χ0) is 14.1. The van der Waals surface area contributed by atoms with Crippen LogP contribution in [-0.2, 0) is 6.42 Å². The van der Waals surface area contributed by atoms with Crippen molar-refractivity contribution in [2.45, 2.75) is 13.3 Å². The van der Waals surface area contributed by atoms with Crippen molar-refractivity contribution in [1.82, 2.24) is 15.0 Å². The van der Waals surface area contributed by atoms with Gasteiger partial charge in [-0.15, -0.1) is 11.3 Å². The first-order valence-electron chi connectivity index (χ1n) is 6.32. The van der Waals surface area contributed by atoms with Gasteiger partial charge in [0.25, 0.3) is 0 Å². The Labute approximate surface area is 119 Å². The van der Waals surface area contributed by atoms with Crippen molar-refractivity contribution < 1.29 is 4.39 Å². The fraction of sp³-hybridized carbons (Fsp3) is 0.214. The molecular weight excluding hydrogens is 275 g/mol. The van der Waals surface area contributed by atoms with Gasteiger partial charge >= 0.3 is 0 Å². The van der Waals surface area contributed by atoms with Gasteiger partial charge in [0, 0.05) is 18.1 Å². The van der Waals surface area contributed by atoms with Crippen LogP contribution in [0.1, 0.15) is 11.8 Å². The highest BCUT2D eigenvalue weighted by Gasteiger charge is 2.14. The Morgan fingerprint density at radius 3 is 2.90 bits per heavy atom. The fourth-order valence-electron chi connectivity index (χ4n) is 1.99. The van der Waals surface area contributed by atoms with Gasteiger partial charge in [0.05, 0.1) is 5.39 Å². The van der Waals surface area contributed by atoms with Crippen LogP contribution in [0, 0.1) is 5.82 Å². The Kier molecular flexibility index (Phi) is 3.31. The summed E-state index contributed by atoms with van der Waals surface area (Å²) in [6.07, 6.45) is 2.48. The number of fused-ring (bicyclic) bond motifs is 1. The van der Waals surface area contributed by atoms with Crippen LogP contribution in [0.15, 0.2) is 24.4 Å². The third-order valence-corrected chi connectivity index (χ3v) is 4.17. The number of nitrogens with zero attached hydrogens (tertiary/aromatic N) is 3. The number of aryl methyl sites for hydroxylation is 1. The zero-order valence-electron chi connectivity index (χ0n) is 11.1. The van der Waals surface area contributed by atoms with Gasteiger partial charge in [-0.2, -0.15) is 0 Å². The van der Waals surface area contributed by atoms with E-state index >= 15 is 0 Å². The van der Waals surface area contributed by atoms with Crippen molar-refractivity contribution >= 4 is 27.4 Å². The molecule has 1 N–H and O–H groups in total. The van der Waals surface area contributed by atoms with Crippen molar-refractivity contribution in [1.29, 1.82) is 0 Å². The van der Waals surface area contributed by atoms with Gasteiger partial charge in [0.2, 0.25) is 0 Å². The third-order valence-electron chi connectivity index (χ3n) is 3.00. The maximum atomic E-state index is 13.8. The Morgan fingerprint density at radius 2 is 2.20 bits per heavy atom. The lowest BCUT2D eigenvalue weighted by atomic mass is 10.3. The van der Waals surface area contributed by atoms with Crippen molar-refractivity contribution in [2.24, 2.45) is 0 Å². The van der Waals surface area contributed by atoms with Gasteiger partial charge in [-0.05, 0) is 24.6 Å². The predicted molar refractivity (Wildman–Crippen MR) is 79.5 cm³/mol. The standard InChI is InChI=1S/C14H13FN4S/c1-3-8-7-9-12(16-2)18-13(19-14(9)20-8)11-10(15)5-4-6-17-11/h4-7H,3H2,1-2H3,(H,16,18,19). The summed E-state index contributed by atoms with van der Waals surface area (Å²) in [5, 5.41) is 4.01. The molecular formula is C14H13FN4S. The Bertz CT molecular complexity index is 769. The summed E-state index contributed by atoms with van der Waals surface area (Å²) in [6, 6.07) is 4.99. The van der Waals surface area contributed by atoms with E-state index in [-0.39, 0.29) is 5.69 Å². The SMILES string of the molecule is CCc1cc2c(NC)nc(-c3ncccc3F)nc2s1. The highest BCUT2D eigenvalue weighted by atomic mass is 32.1. The molecule has 0 bridgehead atoms. The molecule has 0 fully saturated rings. The molecule has 0 aliphatic rings. The summed E-state index contributed by atoms with van der Waals surface area (Å²) < 4.78 is 13.8. The van der Waals surface area contributed by atoms with Gasteiger partial charge in [-0.1, -0.05) is 6.92 Å². The van der Waals surface area contributed by atoms with E-state index in [1.54, 1.807) is 24.5 Å². The number of anilines is 1. The van der Waals surface area contributed by atoms with Crippen LogP contribution in [-0.4, -0.2) is 22.0 Å². The van der Waals surface area contributed by atoms with Crippen LogP contribution < -0.4 is 5.32 Å². The average Bonchev–Trinajstić information content (AvgIpc) is 2.89. The second-order valence-electron chi connectivity index (χ2n) is 4.26. The summed E-state index contributed by atoms with van der Waals surface area (Å²) in [6.45, 7) is 2.09. The normalized spacial score (nSPS) is 10.9. The van der Waals surface area contributed by atoms with Crippen LogP contribution in [0.3, 0.4) is 0 Å². The minimum absolute atomic E-state index is 0.178. The molecule has 0 radical (unpaired) electrons. The summed E-state index contributed by atoms with van der Waals surface area (Å²) in [7, 11) is 1.80. The van der Waals surface area contributed by atoms with Crippen LogP contribution in [0.2, 0.25) is 0 Å². The lowest BCUT2D eigenvalue weighted by Crippen LogP contribution is -1.99. The molecule has 0 amide bonds. The molecule has 3 aromatic rings. The Balaban J connectivity index is 2.25. The minimum Gasteiger partial charge on any atom is -0.372 e. The van der Waals surface area contributed by atoms with Crippen LogP contribution in [0.5, 0.6) is 0 Å². The van der Waals surface area contributed by atoms with E-state index in [9.17, 15) is 4.39 Å². The number of hydrogen-bond acceptors (Lipinski definition) is 5. The first-order chi connectivity index (χ1) is 9.72. The maximum Gasteiger partial charge on any atom is 0.184 e. The van der Waals surface area contributed by atoms with E-state index in [1.165, 1.54) is 17.1 Å². The lowest BCUT2D eigenvalue weighted by Gasteiger charge is -2.05. The van der Waals surface area contributed by atoms with Gasteiger partial charge in [-0.25, -0.2) is 19.3 Å². The van der Waals surface area contributed by atoms with E-state index in [0.29, 0.717) is 11.6 Å². The largest absolute Gasteiger partial charge is 0.372 e. The molecule has 20 heavy (non-hydrogen) atoms. The third kappa shape index (κ3) is 2.12. The number of hydrogen-bond donors (Lipinski definition) is 1. The molecule has 3 heterocycles. The van der Waals surface area contributed by atoms with Gasteiger partial charge in [0.1, 0.15) is 16.3 Å². The number of halogens is 1. The molecule has 3 aromatic heterocycles. The van der Waals surface area contributed by atoms with Crippen LogP contribution in [0.4, 0.5) is 10.2 Å². The number of pyridine rings is 1. The maximum absolute atomic E-state index is 13.8. The topological polar surface area (TPSA) is 50.7 Å². The summed E-state index contributed by atoms with van der Waals surface area (Å²) in [5.41, 5.74) is 0.178. The first kappa shape index (κ1) is 12.9. The van der Waals surface area contributed by atoms with Crippen molar-refractivity contribution in [3.8, 4) is 11.5 Å². The molecule has 6 heteroatoms. The molecule has 0 aromatic carbocycles. The second kappa shape index (κ2) is 5.13. The average molecular weight is 288 g/mol. The first-order valence-corrected chi connectivity index (χ1v) is 7.13. The number of rotatable bonds is 3. The monoisotopic (exact) mass is 288 g/mol. The highest BCUT2D eigenvalue weighted by Crippen LogP contribution is 2.31. The van der Waals surface area contributed by atoms with E-state index in [4.69, 9.17) is 0 Å². The predicted octanol–water partition coefficient (Wildman–Crippen LogP) is 3.50. The molecule has 0 aliphatic carbocycles.